The third kappa shape index (κ3) is 2.68. The van der Waals surface area contributed by atoms with E-state index in [0.717, 1.165) is 18.7 Å². The predicted molar refractivity (Wildman–Crippen MR) is 87.8 cm³/mol. The van der Waals surface area contributed by atoms with Crippen LogP contribution in [0, 0.1) is 5.92 Å². The van der Waals surface area contributed by atoms with Crippen molar-refractivity contribution in [1.29, 1.82) is 0 Å². The fourth-order valence-corrected chi connectivity index (χ4v) is 3.31. The van der Waals surface area contributed by atoms with Gasteiger partial charge in [-0.3, -0.25) is 4.79 Å². The molecule has 1 unspecified atom stereocenters. The van der Waals surface area contributed by atoms with Crippen LogP contribution < -0.4 is 4.90 Å². The number of para-hydroxylation sites is 1. The van der Waals surface area contributed by atoms with Gasteiger partial charge < -0.3 is 4.90 Å². The van der Waals surface area contributed by atoms with E-state index < -0.39 is 0 Å². The first kappa shape index (κ1) is 14.2. The number of carbonyl (C=O) groups is 1. The Bertz CT molecular complexity index is 695. The van der Waals surface area contributed by atoms with Crippen molar-refractivity contribution in [3.63, 3.8) is 0 Å². The molecule has 2 nitrogen and oxygen atoms in total. The van der Waals surface area contributed by atoms with Gasteiger partial charge in [0.2, 0.25) is 0 Å². The zero-order chi connectivity index (χ0) is 15.0. The monoisotopic (exact) mass is 299 g/mol. The maximum atomic E-state index is 11.5. The van der Waals surface area contributed by atoms with E-state index in [1.54, 1.807) is 6.92 Å². The number of fused-ring (bicyclic) bond motifs is 1. The number of ketones is 1. The second kappa shape index (κ2) is 5.53. The molecule has 0 amide bonds. The molecule has 2 aromatic rings. The first-order valence-electron chi connectivity index (χ1n) is 7.22. The van der Waals surface area contributed by atoms with Crippen molar-refractivity contribution in [3.05, 3.63) is 58.6 Å². The summed E-state index contributed by atoms with van der Waals surface area (Å²) in [7, 11) is 0. The molecule has 3 heteroatoms. The highest BCUT2D eigenvalue weighted by atomic mass is 35.5. The number of rotatable bonds is 2. The molecule has 1 heterocycles. The van der Waals surface area contributed by atoms with Gasteiger partial charge in [-0.25, -0.2) is 0 Å². The molecule has 1 atom stereocenters. The molecule has 1 aliphatic heterocycles. The smallest absolute Gasteiger partial charge is 0.161 e. The number of nitrogens with zero attached hydrogens (tertiary/aromatic N) is 1. The SMILES string of the molecule is CC(=O)c1ccc(N2CC(C)Cc3ccccc32)cc1Cl. The van der Waals surface area contributed by atoms with Gasteiger partial charge in [0.05, 0.1) is 5.02 Å². The van der Waals surface area contributed by atoms with Crippen LogP contribution in [-0.4, -0.2) is 12.3 Å². The number of hydrogen-bond donors (Lipinski definition) is 0. The van der Waals surface area contributed by atoms with E-state index in [1.165, 1.54) is 11.3 Å². The van der Waals surface area contributed by atoms with Gasteiger partial charge in [0.25, 0.3) is 0 Å². The number of anilines is 2. The Morgan fingerprint density at radius 2 is 2.00 bits per heavy atom. The molecule has 0 saturated heterocycles. The average molecular weight is 300 g/mol. The minimum atomic E-state index is -0.000961. The molecule has 0 saturated carbocycles. The van der Waals surface area contributed by atoms with Crippen molar-refractivity contribution in [1.82, 2.24) is 0 Å². The number of hydrogen-bond acceptors (Lipinski definition) is 2. The second-order valence-electron chi connectivity index (χ2n) is 5.77. The fourth-order valence-electron chi connectivity index (χ4n) is 3.00. The van der Waals surface area contributed by atoms with E-state index >= 15 is 0 Å². The van der Waals surface area contributed by atoms with Gasteiger partial charge in [-0.15, -0.1) is 0 Å². The second-order valence-corrected chi connectivity index (χ2v) is 6.18. The van der Waals surface area contributed by atoms with Gasteiger partial charge in [-0.05, 0) is 49.1 Å². The quantitative estimate of drug-likeness (QED) is 0.737. The lowest BCUT2D eigenvalue weighted by atomic mass is 9.93. The molecule has 3 rings (SSSR count). The molecule has 0 N–H and O–H groups in total. The van der Waals surface area contributed by atoms with Crippen LogP contribution in [0.2, 0.25) is 5.02 Å². The molecular weight excluding hydrogens is 282 g/mol. The Balaban J connectivity index is 2.05. The fraction of sp³-hybridized carbons (Fsp3) is 0.278. The Kier molecular flexibility index (Phi) is 3.73. The molecule has 0 fully saturated rings. The highest BCUT2D eigenvalue weighted by molar-refractivity contribution is 6.34. The van der Waals surface area contributed by atoms with Crippen LogP contribution in [0.15, 0.2) is 42.5 Å². The summed E-state index contributed by atoms with van der Waals surface area (Å²) in [5.74, 6) is 0.588. The topological polar surface area (TPSA) is 20.3 Å². The van der Waals surface area contributed by atoms with Crippen LogP contribution in [-0.2, 0) is 6.42 Å². The highest BCUT2D eigenvalue weighted by Crippen LogP contribution is 2.36. The minimum absolute atomic E-state index is 0.000961. The summed E-state index contributed by atoms with van der Waals surface area (Å²) >= 11 is 6.26. The molecule has 1 aliphatic rings. The average Bonchev–Trinajstić information content (AvgIpc) is 2.45. The van der Waals surface area contributed by atoms with Gasteiger partial charge in [-0.1, -0.05) is 36.7 Å². The van der Waals surface area contributed by atoms with Gasteiger partial charge in [0, 0.05) is 23.5 Å². The Hall–Kier alpha value is -1.80. The van der Waals surface area contributed by atoms with Gasteiger partial charge in [0.15, 0.2) is 5.78 Å². The summed E-state index contributed by atoms with van der Waals surface area (Å²) < 4.78 is 0. The van der Waals surface area contributed by atoms with Crippen molar-refractivity contribution >= 4 is 28.8 Å². The Labute approximate surface area is 130 Å². The van der Waals surface area contributed by atoms with Crippen molar-refractivity contribution in [2.75, 3.05) is 11.4 Å². The molecule has 2 aromatic carbocycles. The van der Waals surface area contributed by atoms with E-state index in [4.69, 9.17) is 11.6 Å². The van der Waals surface area contributed by atoms with Gasteiger partial charge in [0.1, 0.15) is 0 Å². The van der Waals surface area contributed by atoms with Crippen LogP contribution in [0.25, 0.3) is 0 Å². The lowest BCUT2D eigenvalue weighted by Crippen LogP contribution is -2.30. The lowest BCUT2D eigenvalue weighted by molar-refractivity contribution is 0.101. The molecule has 0 bridgehead atoms. The zero-order valence-electron chi connectivity index (χ0n) is 12.3. The van der Waals surface area contributed by atoms with E-state index in [2.05, 4.69) is 36.1 Å². The highest BCUT2D eigenvalue weighted by Gasteiger charge is 2.23. The number of Topliss-reactive ketones (excluding diaryl/α,β-unsaturated/α-hetero) is 1. The summed E-state index contributed by atoms with van der Waals surface area (Å²) in [5, 5.41) is 0.524. The predicted octanol–water partition coefficient (Wildman–Crippen LogP) is 4.87. The number of carbonyl (C=O) groups excluding carboxylic acids is 1. The molecule has 0 radical (unpaired) electrons. The molecule has 21 heavy (non-hydrogen) atoms. The van der Waals surface area contributed by atoms with E-state index in [0.29, 0.717) is 16.5 Å². The summed E-state index contributed by atoms with van der Waals surface area (Å²) in [6.07, 6.45) is 1.10. The molecular formula is C18H18ClNO. The lowest BCUT2D eigenvalue weighted by Gasteiger charge is -2.35. The summed E-state index contributed by atoms with van der Waals surface area (Å²) in [6.45, 7) is 4.76. The van der Waals surface area contributed by atoms with Crippen LogP contribution in [0.1, 0.15) is 29.8 Å². The summed E-state index contributed by atoms with van der Waals surface area (Å²) in [5.41, 5.74) is 4.23. The van der Waals surface area contributed by atoms with Crippen LogP contribution >= 0.6 is 11.6 Å². The first-order chi connectivity index (χ1) is 10.1. The van der Waals surface area contributed by atoms with Crippen molar-refractivity contribution in [3.8, 4) is 0 Å². The molecule has 108 valence electrons. The van der Waals surface area contributed by atoms with E-state index in [-0.39, 0.29) is 5.78 Å². The third-order valence-corrected chi connectivity index (χ3v) is 4.30. The third-order valence-electron chi connectivity index (χ3n) is 3.99. The largest absolute Gasteiger partial charge is 0.341 e. The minimum Gasteiger partial charge on any atom is -0.341 e. The van der Waals surface area contributed by atoms with E-state index in [9.17, 15) is 4.79 Å². The molecule has 0 aliphatic carbocycles. The van der Waals surface area contributed by atoms with Gasteiger partial charge in [-0.2, -0.15) is 0 Å². The standard InChI is InChI=1S/C18H18ClNO/c1-12-9-14-5-3-4-6-18(14)20(11-12)15-7-8-16(13(2)21)17(19)10-15/h3-8,10,12H,9,11H2,1-2H3. The first-order valence-corrected chi connectivity index (χ1v) is 7.60. The van der Waals surface area contributed by atoms with Crippen LogP contribution in [0.3, 0.4) is 0 Å². The maximum Gasteiger partial charge on any atom is 0.161 e. The maximum absolute atomic E-state index is 11.5. The Morgan fingerprint density at radius 1 is 1.24 bits per heavy atom. The van der Waals surface area contributed by atoms with Crippen LogP contribution in [0.5, 0.6) is 0 Å². The number of benzene rings is 2. The van der Waals surface area contributed by atoms with Crippen molar-refractivity contribution < 1.29 is 4.79 Å². The van der Waals surface area contributed by atoms with Gasteiger partial charge >= 0.3 is 0 Å². The Morgan fingerprint density at radius 3 is 2.71 bits per heavy atom. The number of halogens is 1. The van der Waals surface area contributed by atoms with E-state index in [1.807, 2.05) is 18.2 Å². The van der Waals surface area contributed by atoms with Crippen molar-refractivity contribution in [2.45, 2.75) is 20.3 Å². The summed E-state index contributed by atoms with van der Waals surface area (Å²) in [4.78, 5) is 13.8. The molecule has 0 aromatic heterocycles. The summed E-state index contributed by atoms with van der Waals surface area (Å²) in [6, 6.07) is 14.2. The normalized spacial score (nSPS) is 17.5. The van der Waals surface area contributed by atoms with Crippen molar-refractivity contribution in [2.24, 2.45) is 5.92 Å². The molecule has 0 spiro atoms. The zero-order valence-corrected chi connectivity index (χ0v) is 13.0. The van der Waals surface area contributed by atoms with Crippen LogP contribution in [0.4, 0.5) is 11.4 Å².